The predicted octanol–water partition coefficient (Wildman–Crippen LogP) is 6.72. The minimum atomic E-state index is -0.383. The topological polar surface area (TPSA) is 37.3 Å². The van der Waals surface area contributed by atoms with Gasteiger partial charge in [-0.2, -0.15) is 0 Å². The van der Waals surface area contributed by atoms with Crippen molar-refractivity contribution in [2.45, 2.75) is 19.5 Å². The van der Waals surface area contributed by atoms with E-state index >= 15 is 0 Å². The van der Waals surface area contributed by atoms with Gasteiger partial charge in [-0.05, 0) is 66.1 Å². The quantitative estimate of drug-likeness (QED) is 0.365. The standard InChI is InChI=1S/C26H21ClFN3O/c1-17-11-12-21(15-22(17)28)29-26(32)31-16-19-6-2-3-9-23(19)30-13-5-10-24(30)25(31)18-7-4-8-20(27)14-18/h2-15,25H,16H2,1H3,(H,29,32). The lowest BCUT2D eigenvalue weighted by Gasteiger charge is -2.31. The number of carbonyl (C=O) groups is 1. The number of nitrogens with zero attached hydrogens (tertiary/aromatic N) is 2. The number of hydrogen-bond donors (Lipinski definition) is 1. The van der Waals surface area contributed by atoms with Crippen LogP contribution in [-0.2, 0) is 6.54 Å². The van der Waals surface area contributed by atoms with Crippen molar-refractivity contribution >= 4 is 23.3 Å². The Morgan fingerprint density at radius 3 is 2.69 bits per heavy atom. The van der Waals surface area contributed by atoms with Crippen molar-refractivity contribution < 1.29 is 9.18 Å². The third-order valence-electron chi connectivity index (χ3n) is 5.81. The van der Waals surface area contributed by atoms with Crippen molar-refractivity contribution in [2.24, 2.45) is 0 Å². The Morgan fingerprint density at radius 1 is 1.03 bits per heavy atom. The van der Waals surface area contributed by atoms with Crippen molar-refractivity contribution in [3.8, 4) is 5.69 Å². The first-order valence-corrected chi connectivity index (χ1v) is 10.7. The van der Waals surface area contributed by atoms with E-state index in [1.165, 1.54) is 6.07 Å². The minimum Gasteiger partial charge on any atom is -0.318 e. The lowest BCUT2D eigenvalue weighted by molar-refractivity contribution is 0.194. The number of para-hydroxylation sites is 1. The largest absolute Gasteiger partial charge is 0.322 e. The second-order valence-electron chi connectivity index (χ2n) is 7.91. The molecule has 1 aliphatic rings. The highest BCUT2D eigenvalue weighted by Gasteiger charge is 2.33. The van der Waals surface area contributed by atoms with Crippen LogP contribution in [0, 0.1) is 12.7 Å². The van der Waals surface area contributed by atoms with Crippen molar-refractivity contribution in [1.29, 1.82) is 0 Å². The van der Waals surface area contributed by atoms with Gasteiger partial charge >= 0.3 is 6.03 Å². The molecule has 2 heterocycles. The molecule has 4 aromatic rings. The number of carbonyl (C=O) groups excluding carboxylic acids is 1. The number of aromatic nitrogens is 1. The number of amides is 2. The summed E-state index contributed by atoms with van der Waals surface area (Å²) in [5.74, 6) is -0.357. The summed E-state index contributed by atoms with van der Waals surface area (Å²) in [6.07, 6.45) is 2.00. The van der Waals surface area contributed by atoms with Gasteiger partial charge in [-0.3, -0.25) is 0 Å². The van der Waals surface area contributed by atoms with Crippen molar-refractivity contribution in [1.82, 2.24) is 9.47 Å². The van der Waals surface area contributed by atoms with Crippen LogP contribution in [0.15, 0.2) is 85.1 Å². The number of benzene rings is 3. The molecular weight excluding hydrogens is 425 g/mol. The van der Waals surface area contributed by atoms with Gasteiger partial charge in [0.1, 0.15) is 5.82 Å². The first kappa shape index (κ1) is 20.3. The fourth-order valence-corrected chi connectivity index (χ4v) is 4.43. The molecule has 4 nitrogen and oxygen atoms in total. The zero-order valence-electron chi connectivity index (χ0n) is 17.4. The van der Waals surface area contributed by atoms with Crippen molar-refractivity contribution in [2.75, 3.05) is 5.32 Å². The van der Waals surface area contributed by atoms with E-state index in [2.05, 4.69) is 9.88 Å². The van der Waals surface area contributed by atoms with Crippen LogP contribution in [-0.4, -0.2) is 15.5 Å². The molecule has 6 heteroatoms. The van der Waals surface area contributed by atoms with E-state index in [9.17, 15) is 9.18 Å². The van der Waals surface area contributed by atoms with Gasteiger partial charge in [0.25, 0.3) is 0 Å². The molecule has 1 N–H and O–H groups in total. The van der Waals surface area contributed by atoms with Crippen LogP contribution in [0.2, 0.25) is 5.02 Å². The van der Waals surface area contributed by atoms with Gasteiger partial charge in [-0.25, -0.2) is 9.18 Å². The van der Waals surface area contributed by atoms with Gasteiger partial charge in [0.15, 0.2) is 0 Å². The molecule has 0 spiro atoms. The highest BCUT2D eigenvalue weighted by atomic mass is 35.5. The average Bonchev–Trinajstić information content (AvgIpc) is 3.20. The number of urea groups is 1. The number of rotatable bonds is 2. The zero-order chi connectivity index (χ0) is 22.2. The maximum absolute atomic E-state index is 14.1. The summed E-state index contributed by atoms with van der Waals surface area (Å²) in [5, 5.41) is 3.48. The third-order valence-corrected chi connectivity index (χ3v) is 6.05. The summed E-state index contributed by atoms with van der Waals surface area (Å²) in [6.45, 7) is 2.07. The van der Waals surface area contributed by atoms with Gasteiger partial charge in [-0.15, -0.1) is 0 Å². The number of nitrogens with one attached hydrogen (secondary N) is 1. The second-order valence-corrected chi connectivity index (χ2v) is 8.35. The average molecular weight is 446 g/mol. The Bertz CT molecular complexity index is 1320. The normalized spacial score (nSPS) is 15.0. The summed E-state index contributed by atoms with van der Waals surface area (Å²) in [4.78, 5) is 15.3. The van der Waals surface area contributed by atoms with Crippen LogP contribution in [0.3, 0.4) is 0 Å². The van der Waals surface area contributed by atoms with E-state index in [0.29, 0.717) is 22.8 Å². The van der Waals surface area contributed by atoms with Crippen LogP contribution in [0.1, 0.15) is 28.4 Å². The van der Waals surface area contributed by atoms with Crippen LogP contribution in [0.25, 0.3) is 5.69 Å². The van der Waals surface area contributed by atoms with Crippen LogP contribution < -0.4 is 5.32 Å². The first-order chi connectivity index (χ1) is 15.5. The summed E-state index contributed by atoms with van der Waals surface area (Å²) >= 11 is 6.32. The second kappa shape index (κ2) is 8.17. The lowest BCUT2D eigenvalue weighted by Crippen LogP contribution is -2.38. The summed E-state index contributed by atoms with van der Waals surface area (Å²) in [5.41, 5.74) is 4.83. The highest BCUT2D eigenvalue weighted by molar-refractivity contribution is 6.30. The molecule has 0 radical (unpaired) electrons. The fourth-order valence-electron chi connectivity index (χ4n) is 4.23. The van der Waals surface area contributed by atoms with E-state index in [1.54, 1.807) is 24.0 Å². The fraction of sp³-hybridized carbons (Fsp3) is 0.115. The molecule has 160 valence electrons. The highest BCUT2D eigenvalue weighted by Crippen LogP contribution is 2.37. The molecule has 1 aliphatic heterocycles. The van der Waals surface area contributed by atoms with E-state index in [1.807, 2.05) is 66.9 Å². The maximum Gasteiger partial charge on any atom is 0.322 e. The molecule has 3 aromatic carbocycles. The molecule has 0 bridgehead atoms. The van der Waals surface area contributed by atoms with Crippen LogP contribution in [0.5, 0.6) is 0 Å². The first-order valence-electron chi connectivity index (χ1n) is 10.4. The Balaban J connectivity index is 1.63. The molecule has 1 atom stereocenters. The monoisotopic (exact) mass is 445 g/mol. The van der Waals surface area contributed by atoms with E-state index in [4.69, 9.17) is 11.6 Å². The molecule has 32 heavy (non-hydrogen) atoms. The maximum atomic E-state index is 14.1. The van der Waals surface area contributed by atoms with Gasteiger partial charge < -0.3 is 14.8 Å². The smallest absolute Gasteiger partial charge is 0.318 e. The number of halogens is 2. The SMILES string of the molecule is Cc1ccc(NC(=O)N2Cc3ccccc3-n3cccc3C2c2cccc(Cl)c2)cc1F. The molecule has 1 aromatic heterocycles. The minimum absolute atomic E-state index is 0.317. The molecule has 0 saturated heterocycles. The van der Waals surface area contributed by atoms with Gasteiger partial charge in [-0.1, -0.05) is 48.0 Å². The lowest BCUT2D eigenvalue weighted by atomic mass is 10.0. The third kappa shape index (κ3) is 3.65. The molecule has 5 rings (SSSR count). The van der Waals surface area contributed by atoms with Crippen molar-refractivity contribution in [3.63, 3.8) is 0 Å². The van der Waals surface area contributed by atoms with E-state index < -0.39 is 0 Å². The molecule has 0 fully saturated rings. The van der Waals surface area contributed by atoms with E-state index in [0.717, 1.165) is 22.5 Å². The van der Waals surface area contributed by atoms with Gasteiger partial charge in [0.05, 0.1) is 18.3 Å². The molecule has 0 aliphatic carbocycles. The molecular formula is C26H21ClFN3O. The Kier molecular flexibility index (Phi) is 5.19. The van der Waals surface area contributed by atoms with Gasteiger partial charge in [0, 0.05) is 22.6 Å². The molecule has 2 amide bonds. The number of aryl methyl sites for hydroxylation is 1. The Labute approximate surface area is 190 Å². The number of fused-ring (bicyclic) bond motifs is 3. The zero-order valence-corrected chi connectivity index (χ0v) is 18.2. The van der Waals surface area contributed by atoms with Gasteiger partial charge in [0.2, 0.25) is 0 Å². The predicted molar refractivity (Wildman–Crippen MR) is 125 cm³/mol. The molecule has 1 unspecified atom stereocenters. The van der Waals surface area contributed by atoms with Crippen LogP contribution >= 0.6 is 11.6 Å². The van der Waals surface area contributed by atoms with Crippen LogP contribution in [0.4, 0.5) is 14.9 Å². The Hall–Kier alpha value is -3.57. The van der Waals surface area contributed by atoms with Crippen molar-refractivity contribution in [3.05, 3.63) is 118 Å². The van der Waals surface area contributed by atoms with E-state index in [-0.39, 0.29) is 17.9 Å². The summed E-state index contributed by atoms with van der Waals surface area (Å²) < 4.78 is 16.2. The molecule has 0 saturated carbocycles. The Morgan fingerprint density at radius 2 is 1.88 bits per heavy atom. The summed E-state index contributed by atoms with van der Waals surface area (Å²) in [6, 6.07) is 23.6. The number of anilines is 1. The number of hydrogen-bond acceptors (Lipinski definition) is 1. The summed E-state index contributed by atoms with van der Waals surface area (Å²) in [7, 11) is 0.